The van der Waals surface area contributed by atoms with Crippen molar-refractivity contribution in [3.63, 3.8) is 0 Å². The number of likely N-dealkylation sites (tertiary alicyclic amines) is 1. The minimum atomic E-state index is -0.998. The van der Waals surface area contributed by atoms with E-state index in [4.69, 9.17) is 0 Å². The molecule has 2 aromatic carbocycles. The van der Waals surface area contributed by atoms with Gasteiger partial charge in [-0.05, 0) is 50.1 Å². The summed E-state index contributed by atoms with van der Waals surface area (Å²) in [4.78, 5) is 19.0. The van der Waals surface area contributed by atoms with Crippen LogP contribution < -0.4 is 10.6 Å². The van der Waals surface area contributed by atoms with E-state index in [0.29, 0.717) is 5.52 Å². The van der Waals surface area contributed by atoms with Crippen molar-refractivity contribution in [1.29, 1.82) is 0 Å². The number of nitrogens with zero attached hydrogens (tertiary/aromatic N) is 3. The zero-order valence-electron chi connectivity index (χ0n) is 18.7. The van der Waals surface area contributed by atoms with E-state index in [1.54, 1.807) is 30.7 Å². The van der Waals surface area contributed by atoms with E-state index >= 15 is 4.39 Å². The highest BCUT2D eigenvalue weighted by atomic mass is 19.1. The van der Waals surface area contributed by atoms with Crippen LogP contribution in [0.1, 0.15) is 35.2 Å². The fourth-order valence-corrected chi connectivity index (χ4v) is 4.83. The fraction of sp³-hybridized carbons (Fsp3) is 0.417. The zero-order valence-corrected chi connectivity index (χ0v) is 18.7. The van der Waals surface area contributed by atoms with E-state index in [0.717, 1.165) is 31.4 Å². The third-order valence-corrected chi connectivity index (χ3v) is 6.75. The molecule has 3 heterocycles. The smallest absolute Gasteiger partial charge is 0.256 e. The summed E-state index contributed by atoms with van der Waals surface area (Å²) in [6.45, 7) is 2.92. The van der Waals surface area contributed by atoms with Gasteiger partial charge in [-0.15, -0.1) is 0 Å². The van der Waals surface area contributed by atoms with Gasteiger partial charge in [0.2, 0.25) is 0 Å². The molecule has 7 nitrogen and oxygen atoms in total. The van der Waals surface area contributed by atoms with Crippen LogP contribution >= 0.6 is 0 Å². The van der Waals surface area contributed by atoms with Gasteiger partial charge in [0.1, 0.15) is 16.9 Å². The van der Waals surface area contributed by atoms with Crippen molar-refractivity contribution in [3.05, 3.63) is 53.4 Å². The number of carbonyl (C=O) groups excluding carboxylic acids is 1. The molecule has 2 saturated heterocycles. The highest BCUT2D eigenvalue weighted by molar-refractivity contribution is 6.04. The first kappa shape index (κ1) is 21.8. The van der Waals surface area contributed by atoms with Crippen molar-refractivity contribution in [2.24, 2.45) is 7.05 Å². The number of aryl methyl sites for hydroxylation is 2. The second-order valence-electron chi connectivity index (χ2n) is 9.21. The van der Waals surface area contributed by atoms with Crippen LogP contribution in [-0.2, 0) is 7.05 Å². The maximum Gasteiger partial charge on any atom is 0.256 e. The number of imidazole rings is 1. The predicted molar refractivity (Wildman–Crippen MR) is 122 cm³/mol. The lowest BCUT2D eigenvalue weighted by Crippen LogP contribution is -2.72. The predicted octanol–water partition coefficient (Wildman–Crippen LogP) is 3.23. The van der Waals surface area contributed by atoms with Crippen molar-refractivity contribution in [1.82, 2.24) is 19.8 Å². The first-order valence-corrected chi connectivity index (χ1v) is 11.2. The molecular weight excluding hydrogens is 428 g/mol. The van der Waals surface area contributed by atoms with E-state index in [1.807, 2.05) is 0 Å². The van der Waals surface area contributed by atoms with Crippen LogP contribution in [0, 0.1) is 18.6 Å². The lowest BCUT2D eigenvalue weighted by molar-refractivity contribution is -0.108. The summed E-state index contributed by atoms with van der Waals surface area (Å²) in [5, 5.41) is 17.1. The van der Waals surface area contributed by atoms with E-state index < -0.39 is 23.1 Å². The molecule has 3 N–H and O–H groups in total. The Morgan fingerprint density at radius 1 is 1.27 bits per heavy atom. The zero-order chi connectivity index (χ0) is 23.3. The number of aromatic nitrogens is 2. The van der Waals surface area contributed by atoms with Gasteiger partial charge in [0.15, 0.2) is 5.82 Å². The molecule has 1 amide bonds. The van der Waals surface area contributed by atoms with Crippen molar-refractivity contribution in [3.8, 4) is 0 Å². The number of aliphatic hydroxyl groups is 1. The quantitative estimate of drug-likeness (QED) is 0.563. The number of fused-ring (bicyclic) bond motifs is 1. The molecule has 0 aliphatic carbocycles. The third-order valence-electron chi connectivity index (χ3n) is 6.75. The second kappa shape index (κ2) is 8.07. The van der Waals surface area contributed by atoms with Crippen LogP contribution in [0.25, 0.3) is 11.0 Å². The lowest BCUT2D eigenvalue weighted by atomic mass is 9.81. The molecular formula is C24H27F2N5O2. The normalized spacial score (nSPS) is 20.0. The van der Waals surface area contributed by atoms with Crippen LogP contribution in [0.4, 0.5) is 20.2 Å². The summed E-state index contributed by atoms with van der Waals surface area (Å²) in [7, 11) is 1.72. The third kappa shape index (κ3) is 3.75. The maximum atomic E-state index is 15.5. The lowest BCUT2D eigenvalue weighted by Gasteiger charge is -2.51. The molecule has 5 rings (SSSR count). The number of β-amino-alcohol motifs (C(OH)–C–C–N with tert-alkyl or cyclic N) is 1. The number of anilines is 2. The molecule has 3 aromatic rings. The second-order valence-corrected chi connectivity index (χ2v) is 9.21. The summed E-state index contributed by atoms with van der Waals surface area (Å²) in [5.74, 6) is -1.69. The van der Waals surface area contributed by atoms with Crippen LogP contribution in [0.15, 0.2) is 30.6 Å². The number of hydrogen-bond donors (Lipinski definition) is 3. The molecule has 9 heteroatoms. The SMILES string of the molecule is Cc1ccc(Nc2c(C(=O)N3CC(O)(C4CCCCN4)C3)cc3c(ncn3C)c2F)c(F)c1. The molecule has 2 aliphatic rings. The minimum Gasteiger partial charge on any atom is -0.385 e. The van der Waals surface area contributed by atoms with Crippen LogP contribution in [0.2, 0.25) is 0 Å². The van der Waals surface area contributed by atoms with E-state index in [9.17, 15) is 14.3 Å². The molecule has 1 aromatic heterocycles. The number of rotatable bonds is 4. The summed E-state index contributed by atoms with van der Waals surface area (Å²) >= 11 is 0. The first-order chi connectivity index (χ1) is 15.8. The van der Waals surface area contributed by atoms with Gasteiger partial charge in [-0.1, -0.05) is 12.5 Å². The van der Waals surface area contributed by atoms with E-state index in [-0.39, 0.29) is 41.6 Å². The van der Waals surface area contributed by atoms with E-state index in [2.05, 4.69) is 15.6 Å². The molecule has 0 spiro atoms. The monoisotopic (exact) mass is 455 g/mol. The van der Waals surface area contributed by atoms with Crippen molar-refractivity contribution < 1.29 is 18.7 Å². The highest BCUT2D eigenvalue weighted by Crippen LogP contribution is 2.35. The van der Waals surface area contributed by atoms with Gasteiger partial charge in [0, 0.05) is 13.1 Å². The maximum absolute atomic E-state index is 15.5. The van der Waals surface area contributed by atoms with Gasteiger partial charge < -0.3 is 25.2 Å². The highest BCUT2D eigenvalue weighted by Gasteiger charge is 2.49. The molecule has 2 fully saturated rings. The molecule has 1 unspecified atom stereocenters. The number of carbonyl (C=O) groups is 1. The van der Waals surface area contributed by atoms with Crippen LogP contribution in [-0.4, -0.2) is 56.7 Å². The van der Waals surface area contributed by atoms with Gasteiger partial charge in [0.05, 0.1) is 41.9 Å². The summed E-state index contributed by atoms with van der Waals surface area (Å²) in [5.41, 5.74) is 0.289. The number of hydrogen-bond acceptors (Lipinski definition) is 5. The Kier molecular flexibility index (Phi) is 5.33. The molecule has 0 bridgehead atoms. The minimum absolute atomic E-state index is 0.0640. The van der Waals surface area contributed by atoms with Crippen molar-refractivity contribution >= 4 is 28.3 Å². The average Bonchev–Trinajstić information content (AvgIpc) is 3.16. The Balaban J connectivity index is 1.49. The molecule has 1 atom stereocenters. The molecule has 0 radical (unpaired) electrons. The Morgan fingerprint density at radius 3 is 2.76 bits per heavy atom. The number of amides is 1. The Hall–Kier alpha value is -3.04. The summed E-state index contributed by atoms with van der Waals surface area (Å²) in [6, 6.07) is 6.06. The van der Waals surface area contributed by atoms with Crippen LogP contribution in [0.5, 0.6) is 0 Å². The number of nitrogens with one attached hydrogen (secondary N) is 2. The summed E-state index contributed by atoms with van der Waals surface area (Å²) < 4.78 is 31.7. The van der Waals surface area contributed by atoms with Crippen molar-refractivity contribution in [2.45, 2.75) is 37.8 Å². The molecule has 33 heavy (non-hydrogen) atoms. The Labute approximate surface area is 190 Å². The van der Waals surface area contributed by atoms with Crippen LogP contribution in [0.3, 0.4) is 0 Å². The van der Waals surface area contributed by atoms with Crippen molar-refractivity contribution in [2.75, 3.05) is 25.0 Å². The average molecular weight is 456 g/mol. The van der Waals surface area contributed by atoms with Gasteiger partial charge in [-0.3, -0.25) is 4.79 Å². The Morgan fingerprint density at radius 2 is 2.06 bits per heavy atom. The Bertz CT molecular complexity index is 1230. The standard InChI is InChI=1S/C24H27F2N5O2/c1-14-6-7-17(16(25)9-14)29-21-15(10-18-22(20(21)26)28-13-30(18)2)23(32)31-11-24(33,12-31)19-5-3-4-8-27-19/h6-7,9-10,13,19,27,29,33H,3-5,8,11-12H2,1-2H3. The first-order valence-electron chi connectivity index (χ1n) is 11.2. The van der Waals surface area contributed by atoms with Gasteiger partial charge in [-0.25, -0.2) is 13.8 Å². The summed E-state index contributed by atoms with van der Waals surface area (Å²) in [6.07, 6.45) is 4.43. The van der Waals surface area contributed by atoms with Gasteiger partial charge in [-0.2, -0.15) is 0 Å². The number of halogens is 2. The number of piperidine rings is 1. The molecule has 174 valence electrons. The van der Waals surface area contributed by atoms with E-state index in [1.165, 1.54) is 23.4 Å². The topological polar surface area (TPSA) is 82.4 Å². The molecule has 2 aliphatic heterocycles. The largest absolute Gasteiger partial charge is 0.385 e. The van der Waals surface area contributed by atoms with Gasteiger partial charge in [0.25, 0.3) is 5.91 Å². The van der Waals surface area contributed by atoms with Gasteiger partial charge >= 0.3 is 0 Å². The molecule has 0 saturated carbocycles. The fourth-order valence-electron chi connectivity index (χ4n) is 4.83. The number of benzene rings is 2.